The van der Waals surface area contributed by atoms with E-state index in [1.165, 1.54) is 12.1 Å². The number of nitrogens with one attached hydrogen (secondary N) is 3. The zero-order valence-electron chi connectivity index (χ0n) is 15.4. The fraction of sp³-hybridized carbons (Fsp3) is 0.250. The lowest BCUT2D eigenvalue weighted by Gasteiger charge is -2.07. The zero-order chi connectivity index (χ0) is 19.9. The number of hydrogen-bond donors (Lipinski definition) is 3. The molecule has 0 unspecified atom stereocenters. The summed E-state index contributed by atoms with van der Waals surface area (Å²) in [6.45, 7) is 1.11. The molecule has 2 amide bonds. The van der Waals surface area contributed by atoms with E-state index in [4.69, 9.17) is 4.74 Å². The van der Waals surface area contributed by atoms with Crippen LogP contribution in [-0.4, -0.2) is 48.8 Å². The molecule has 2 aromatic carbocycles. The fourth-order valence-electron chi connectivity index (χ4n) is 2.76. The average Bonchev–Trinajstić information content (AvgIpc) is 3.12. The summed E-state index contributed by atoms with van der Waals surface area (Å²) in [6, 6.07) is 11.2. The molecular formula is C20H21FN4O3. The summed E-state index contributed by atoms with van der Waals surface area (Å²) < 4.78 is 18.0. The second kappa shape index (κ2) is 9.09. The van der Waals surface area contributed by atoms with Crippen LogP contribution in [0.4, 0.5) is 4.39 Å². The molecule has 146 valence electrons. The number of nitrogens with zero attached hydrogens (tertiary/aromatic N) is 1. The average molecular weight is 384 g/mol. The molecule has 0 aliphatic carbocycles. The van der Waals surface area contributed by atoms with Crippen LogP contribution in [0.2, 0.25) is 0 Å². The Hall–Kier alpha value is -3.26. The third-order valence-corrected chi connectivity index (χ3v) is 4.21. The maximum atomic E-state index is 13.2. The summed E-state index contributed by atoms with van der Waals surface area (Å²) in [7, 11) is 1.56. The van der Waals surface area contributed by atoms with Gasteiger partial charge >= 0.3 is 0 Å². The summed E-state index contributed by atoms with van der Waals surface area (Å²) in [6.07, 6.45) is 0.185. The van der Waals surface area contributed by atoms with Crippen molar-refractivity contribution in [2.75, 3.05) is 26.8 Å². The quantitative estimate of drug-likeness (QED) is 0.519. The number of benzene rings is 2. The molecule has 3 aromatic rings. The van der Waals surface area contributed by atoms with Gasteiger partial charge in [0.25, 0.3) is 5.91 Å². The smallest absolute Gasteiger partial charge is 0.251 e. The predicted molar refractivity (Wildman–Crippen MR) is 103 cm³/mol. The van der Waals surface area contributed by atoms with Crippen molar-refractivity contribution in [3.8, 4) is 11.3 Å². The van der Waals surface area contributed by atoms with E-state index >= 15 is 0 Å². The summed E-state index contributed by atoms with van der Waals surface area (Å²) in [5, 5.41) is 13.4. The number of ether oxygens (including phenoxy) is 1. The molecule has 0 spiro atoms. The first-order valence-electron chi connectivity index (χ1n) is 8.86. The van der Waals surface area contributed by atoms with Gasteiger partial charge in [0, 0.05) is 43.1 Å². The minimum atomic E-state index is -0.324. The number of amides is 2. The van der Waals surface area contributed by atoms with Crippen LogP contribution in [0, 0.1) is 5.82 Å². The highest BCUT2D eigenvalue weighted by Gasteiger charge is 2.12. The molecule has 0 bridgehead atoms. The van der Waals surface area contributed by atoms with Gasteiger partial charge in [0.05, 0.1) is 17.8 Å². The van der Waals surface area contributed by atoms with Crippen molar-refractivity contribution in [3.05, 3.63) is 53.8 Å². The fourth-order valence-corrected chi connectivity index (χ4v) is 2.76. The van der Waals surface area contributed by atoms with E-state index in [0.717, 1.165) is 16.5 Å². The molecule has 0 saturated heterocycles. The normalized spacial score (nSPS) is 10.8. The van der Waals surface area contributed by atoms with Crippen LogP contribution in [0.3, 0.4) is 0 Å². The van der Waals surface area contributed by atoms with E-state index in [9.17, 15) is 14.0 Å². The van der Waals surface area contributed by atoms with Crippen LogP contribution < -0.4 is 10.6 Å². The Morgan fingerprint density at radius 3 is 2.64 bits per heavy atom. The van der Waals surface area contributed by atoms with Crippen molar-refractivity contribution in [3.63, 3.8) is 0 Å². The monoisotopic (exact) mass is 384 g/mol. The van der Waals surface area contributed by atoms with Crippen molar-refractivity contribution in [2.45, 2.75) is 6.42 Å². The lowest BCUT2D eigenvalue weighted by atomic mass is 10.1. The van der Waals surface area contributed by atoms with Gasteiger partial charge in [-0.2, -0.15) is 5.10 Å². The van der Waals surface area contributed by atoms with Gasteiger partial charge in [0.1, 0.15) is 5.82 Å². The standard InChI is InChI=1S/C20H21FN4O3/c1-28-11-10-22-18(26)8-9-23-20(27)14-4-7-17-16(12-14)19(25-24-17)13-2-5-15(21)6-3-13/h2-7,12H,8-11H2,1H3,(H,22,26)(H,23,27)(H,24,25). The number of carbonyl (C=O) groups is 2. The topological polar surface area (TPSA) is 96.1 Å². The molecule has 1 aromatic heterocycles. The van der Waals surface area contributed by atoms with E-state index in [0.29, 0.717) is 24.4 Å². The maximum absolute atomic E-state index is 13.2. The third-order valence-electron chi connectivity index (χ3n) is 4.21. The van der Waals surface area contributed by atoms with Gasteiger partial charge in [-0.3, -0.25) is 14.7 Å². The van der Waals surface area contributed by atoms with Crippen molar-refractivity contribution in [1.82, 2.24) is 20.8 Å². The van der Waals surface area contributed by atoms with Gasteiger partial charge in [-0.05, 0) is 42.5 Å². The number of fused-ring (bicyclic) bond motifs is 1. The number of halogens is 1. The summed E-state index contributed by atoms with van der Waals surface area (Å²) in [5.41, 5.74) is 2.62. The first kappa shape index (κ1) is 19.5. The molecule has 8 heteroatoms. The number of rotatable bonds is 8. The minimum Gasteiger partial charge on any atom is -0.383 e. The summed E-state index contributed by atoms with van der Waals surface area (Å²) in [5.74, 6) is -0.756. The molecule has 28 heavy (non-hydrogen) atoms. The number of H-pyrrole nitrogens is 1. The molecule has 1 heterocycles. The van der Waals surface area contributed by atoms with Crippen LogP contribution in [0.5, 0.6) is 0 Å². The zero-order valence-corrected chi connectivity index (χ0v) is 15.4. The summed E-state index contributed by atoms with van der Waals surface area (Å²) >= 11 is 0. The number of aromatic amines is 1. The molecule has 7 nitrogen and oxygen atoms in total. The molecule has 3 rings (SSSR count). The molecule has 0 atom stereocenters. The van der Waals surface area contributed by atoms with Gasteiger partial charge in [0.2, 0.25) is 5.91 Å². The Bertz CT molecular complexity index is 969. The van der Waals surface area contributed by atoms with Crippen molar-refractivity contribution >= 4 is 22.7 Å². The van der Waals surface area contributed by atoms with E-state index in [-0.39, 0.29) is 30.6 Å². The highest BCUT2D eigenvalue weighted by atomic mass is 19.1. The van der Waals surface area contributed by atoms with Gasteiger partial charge in [-0.1, -0.05) is 0 Å². The van der Waals surface area contributed by atoms with Gasteiger partial charge in [-0.25, -0.2) is 4.39 Å². The SMILES string of the molecule is COCCNC(=O)CCNC(=O)c1ccc2[nH]nc(-c3ccc(F)cc3)c2c1. The lowest BCUT2D eigenvalue weighted by Crippen LogP contribution is -2.32. The first-order valence-corrected chi connectivity index (χ1v) is 8.86. The van der Waals surface area contributed by atoms with E-state index < -0.39 is 0 Å². The van der Waals surface area contributed by atoms with Crippen molar-refractivity contribution < 1.29 is 18.7 Å². The predicted octanol–water partition coefficient (Wildman–Crippen LogP) is 2.25. The van der Waals surface area contributed by atoms with Gasteiger partial charge < -0.3 is 15.4 Å². The van der Waals surface area contributed by atoms with E-state index in [1.807, 2.05) is 0 Å². The molecular weight excluding hydrogens is 363 g/mol. The molecule has 0 aliphatic heterocycles. The Balaban J connectivity index is 1.66. The van der Waals surface area contributed by atoms with E-state index in [1.54, 1.807) is 37.4 Å². The van der Waals surface area contributed by atoms with Crippen LogP contribution in [0.1, 0.15) is 16.8 Å². The summed E-state index contributed by atoms with van der Waals surface area (Å²) in [4.78, 5) is 24.0. The number of aromatic nitrogens is 2. The number of hydrogen-bond acceptors (Lipinski definition) is 4. The third kappa shape index (κ3) is 4.72. The number of carbonyl (C=O) groups excluding carboxylic acids is 2. The van der Waals surface area contributed by atoms with Gasteiger partial charge in [-0.15, -0.1) is 0 Å². The second-order valence-corrected chi connectivity index (χ2v) is 6.19. The largest absolute Gasteiger partial charge is 0.383 e. The molecule has 0 fully saturated rings. The van der Waals surface area contributed by atoms with Gasteiger partial charge in [0.15, 0.2) is 0 Å². The maximum Gasteiger partial charge on any atom is 0.251 e. The molecule has 0 radical (unpaired) electrons. The molecule has 0 saturated carbocycles. The first-order chi connectivity index (χ1) is 13.6. The minimum absolute atomic E-state index is 0.152. The molecule has 0 aliphatic rings. The lowest BCUT2D eigenvalue weighted by molar-refractivity contribution is -0.121. The highest BCUT2D eigenvalue weighted by Crippen LogP contribution is 2.27. The van der Waals surface area contributed by atoms with Crippen LogP contribution in [-0.2, 0) is 9.53 Å². The Labute approximate surface area is 161 Å². The van der Waals surface area contributed by atoms with E-state index in [2.05, 4.69) is 20.8 Å². The van der Waals surface area contributed by atoms with Crippen LogP contribution >= 0.6 is 0 Å². The van der Waals surface area contributed by atoms with Crippen LogP contribution in [0.15, 0.2) is 42.5 Å². The second-order valence-electron chi connectivity index (χ2n) is 6.19. The Morgan fingerprint density at radius 2 is 1.89 bits per heavy atom. The van der Waals surface area contributed by atoms with Crippen molar-refractivity contribution in [1.29, 1.82) is 0 Å². The Morgan fingerprint density at radius 1 is 1.11 bits per heavy atom. The van der Waals surface area contributed by atoms with Crippen LogP contribution in [0.25, 0.3) is 22.2 Å². The van der Waals surface area contributed by atoms with Crippen molar-refractivity contribution in [2.24, 2.45) is 0 Å². The number of methoxy groups -OCH3 is 1. The highest BCUT2D eigenvalue weighted by molar-refractivity contribution is 6.01. The molecule has 3 N–H and O–H groups in total. The Kier molecular flexibility index (Phi) is 6.33.